The van der Waals surface area contributed by atoms with Gasteiger partial charge in [-0.1, -0.05) is 6.92 Å². The number of nitrogens with one attached hydrogen (secondary N) is 1. The predicted molar refractivity (Wildman–Crippen MR) is 73.9 cm³/mol. The number of aromatic nitrogens is 2. The SMILES string of the molecule is CCS(=O)(=O)CCCC(NC)c1ccc(OC)nn1. The summed E-state index contributed by atoms with van der Waals surface area (Å²) in [6.07, 6.45) is 1.31. The lowest BCUT2D eigenvalue weighted by Crippen LogP contribution is -2.19. The number of ether oxygens (including phenoxy) is 1. The number of nitrogens with zero attached hydrogens (tertiary/aromatic N) is 2. The molecule has 6 nitrogen and oxygen atoms in total. The molecule has 0 bridgehead atoms. The largest absolute Gasteiger partial charge is 0.480 e. The fraction of sp³-hybridized carbons (Fsp3) is 0.667. The molecule has 0 saturated carbocycles. The van der Waals surface area contributed by atoms with Crippen LogP contribution in [0, 0.1) is 0 Å². The van der Waals surface area contributed by atoms with Gasteiger partial charge >= 0.3 is 0 Å². The fourth-order valence-electron chi connectivity index (χ4n) is 1.72. The Morgan fingerprint density at radius 3 is 2.58 bits per heavy atom. The molecule has 0 aliphatic rings. The average molecular weight is 287 g/mol. The van der Waals surface area contributed by atoms with Crippen molar-refractivity contribution in [3.63, 3.8) is 0 Å². The quantitative estimate of drug-likeness (QED) is 0.767. The van der Waals surface area contributed by atoms with Gasteiger partial charge in [0.05, 0.1) is 24.6 Å². The molecule has 0 fully saturated rings. The van der Waals surface area contributed by atoms with Gasteiger partial charge in [-0.25, -0.2) is 8.42 Å². The lowest BCUT2D eigenvalue weighted by Gasteiger charge is -2.15. The van der Waals surface area contributed by atoms with Crippen molar-refractivity contribution in [2.75, 3.05) is 25.7 Å². The number of hydrogen-bond donors (Lipinski definition) is 1. The van der Waals surface area contributed by atoms with Gasteiger partial charge in [-0.15, -0.1) is 5.10 Å². The second kappa shape index (κ2) is 7.40. The average Bonchev–Trinajstić information content (AvgIpc) is 2.44. The van der Waals surface area contributed by atoms with Gasteiger partial charge in [0.1, 0.15) is 9.84 Å². The van der Waals surface area contributed by atoms with E-state index in [1.54, 1.807) is 13.0 Å². The Hall–Kier alpha value is -1.21. The Morgan fingerprint density at radius 2 is 2.11 bits per heavy atom. The maximum absolute atomic E-state index is 11.4. The van der Waals surface area contributed by atoms with Crippen LogP contribution in [0.4, 0.5) is 0 Å². The summed E-state index contributed by atoms with van der Waals surface area (Å²) in [4.78, 5) is 0. The van der Waals surface area contributed by atoms with Crippen molar-refractivity contribution in [3.8, 4) is 5.88 Å². The van der Waals surface area contributed by atoms with Crippen LogP contribution in [0.1, 0.15) is 31.5 Å². The van der Waals surface area contributed by atoms with E-state index in [4.69, 9.17) is 4.74 Å². The highest BCUT2D eigenvalue weighted by molar-refractivity contribution is 7.91. The standard InChI is InChI=1S/C12H21N3O3S/c1-4-19(16,17)9-5-6-10(13-2)11-7-8-12(18-3)15-14-11/h7-8,10,13H,4-6,9H2,1-3H3. The molecule has 0 radical (unpaired) electrons. The van der Waals surface area contributed by atoms with E-state index >= 15 is 0 Å². The molecule has 0 aliphatic carbocycles. The molecule has 0 amide bonds. The van der Waals surface area contributed by atoms with Gasteiger partial charge in [0, 0.05) is 11.8 Å². The molecule has 1 atom stereocenters. The minimum absolute atomic E-state index is 0.00506. The first-order chi connectivity index (χ1) is 9.02. The molecule has 1 rings (SSSR count). The van der Waals surface area contributed by atoms with Crippen LogP contribution >= 0.6 is 0 Å². The van der Waals surface area contributed by atoms with Crippen LogP contribution < -0.4 is 10.1 Å². The van der Waals surface area contributed by atoms with Crippen molar-refractivity contribution in [1.29, 1.82) is 0 Å². The molecule has 1 aromatic rings. The lowest BCUT2D eigenvalue weighted by atomic mass is 10.1. The number of hydrogen-bond acceptors (Lipinski definition) is 6. The summed E-state index contributed by atoms with van der Waals surface area (Å²) in [7, 11) is 0.461. The zero-order valence-corrected chi connectivity index (χ0v) is 12.4. The van der Waals surface area contributed by atoms with E-state index in [0.717, 1.165) is 5.69 Å². The van der Waals surface area contributed by atoms with E-state index in [0.29, 0.717) is 18.7 Å². The first-order valence-electron chi connectivity index (χ1n) is 6.27. The molecule has 1 unspecified atom stereocenters. The third-order valence-corrected chi connectivity index (χ3v) is 4.75. The monoisotopic (exact) mass is 287 g/mol. The summed E-state index contributed by atoms with van der Waals surface area (Å²) in [6, 6.07) is 3.59. The molecule has 1 N–H and O–H groups in total. The number of sulfone groups is 1. The van der Waals surface area contributed by atoms with Crippen molar-refractivity contribution in [2.45, 2.75) is 25.8 Å². The third kappa shape index (κ3) is 5.12. The Morgan fingerprint density at radius 1 is 1.37 bits per heavy atom. The fourth-order valence-corrected chi connectivity index (χ4v) is 2.61. The van der Waals surface area contributed by atoms with Gasteiger partial charge in [-0.2, -0.15) is 5.10 Å². The summed E-state index contributed by atoms with van der Waals surface area (Å²) in [5.41, 5.74) is 0.789. The van der Waals surface area contributed by atoms with Crippen LogP contribution in [-0.4, -0.2) is 44.3 Å². The first-order valence-corrected chi connectivity index (χ1v) is 8.10. The van der Waals surface area contributed by atoms with Crippen molar-refractivity contribution in [2.24, 2.45) is 0 Å². The minimum atomic E-state index is -2.90. The normalized spacial score (nSPS) is 13.2. The van der Waals surface area contributed by atoms with E-state index in [-0.39, 0.29) is 17.5 Å². The van der Waals surface area contributed by atoms with Gasteiger partial charge in [0.2, 0.25) is 5.88 Å². The van der Waals surface area contributed by atoms with Crippen LogP contribution in [0.25, 0.3) is 0 Å². The topological polar surface area (TPSA) is 81.2 Å². The second-order valence-corrected chi connectivity index (χ2v) is 6.69. The summed E-state index contributed by atoms with van der Waals surface area (Å²) in [6.45, 7) is 1.67. The van der Waals surface area contributed by atoms with E-state index in [1.807, 2.05) is 13.1 Å². The van der Waals surface area contributed by atoms with Crippen LogP contribution in [0.5, 0.6) is 5.88 Å². The van der Waals surface area contributed by atoms with E-state index in [1.165, 1.54) is 7.11 Å². The molecule has 19 heavy (non-hydrogen) atoms. The smallest absolute Gasteiger partial charge is 0.233 e. The summed E-state index contributed by atoms with van der Waals surface area (Å²) < 4.78 is 27.8. The van der Waals surface area contributed by atoms with Crippen LogP contribution in [0.15, 0.2) is 12.1 Å². The molecule has 7 heteroatoms. The summed E-state index contributed by atoms with van der Waals surface area (Å²) in [5.74, 6) is 0.873. The summed E-state index contributed by atoms with van der Waals surface area (Å²) >= 11 is 0. The minimum Gasteiger partial charge on any atom is -0.480 e. The molecule has 1 aromatic heterocycles. The van der Waals surface area contributed by atoms with Crippen molar-refractivity contribution < 1.29 is 13.2 Å². The molecule has 0 saturated heterocycles. The van der Waals surface area contributed by atoms with Crippen molar-refractivity contribution in [1.82, 2.24) is 15.5 Å². The van der Waals surface area contributed by atoms with E-state index in [2.05, 4.69) is 15.5 Å². The molecule has 1 heterocycles. The van der Waals surface area contributed by atoms with Gasteiger partial charge in [0.15, 0.2) is 0 Å². The Kier molecular flexibility index (Phi) is 6.17. The number of methoxy groups -OCH3 is 1. The lowest BCUT2D eigenvalue weighted by molar-refractivity contribution is 0.389. The molecule has 0 aromatic carbocycles. The summed E-state index contributed by atoms with van der Waals surface area (Å²) in [5, 5.41) is 11.1. The maximum Gasteiger partial charge on any atom is 0.233 e. The van der Waals surface area contributed by atoms with Gasteiger partial charge in [-0.05, 0) is 26.0 Å². The molecular formula is C12H21N3O3S. The van der Waals surface area contributed by atoms with E-state index in [9.17, 15) is 8.42 Å². The predicted octanol–water partition coefficient (Wildman–Crippen LogP) is 0.961. The van der Waals surface area contributed by atoms with E-state index < -0.39 is 9.84 Å². The van der Waals surface area contributed by atoms with Gasteiger partial charge in [0.25, 0.3) is 0 Å². The Bertz CT molecular complexity index is 473. The first kappa shape index (κ1) is 15.8. The second-order valence-electron chi connectivity index (χ2n) is 4.22. The Labute approximate surface area is 114 Å². The number of rotatable bonds is 8. The highest BCUT2D eigenvalue weighted by atomic mass is 32.2. The molecule has 108 valence electrons. The molecule has 0 aliphatic heterocycles. The zero-order valence-electron chi connectivity index (χ0n) is 11.6. The Balaban J connectivity index is 2.57. The molecular weight excluding hydrogens is 266 g/mol. The zero-order chi connectivity index (χ0) is 14.3. The van der Waals surface area contributed by atoms with Crippen LogP contribution in [0.2, 0.25) is 0 Å². The van der Waals surface area contributed by atoms with Gasteiger partial charge < -0.3 is 10.1 Å². The van der Waals surface area contributed by atoms with Gasteiger partial charge in [-0.3, -0.25) is 0 Å². The molecule has 0 spiro atoms. The highest BCUT2D eigenvalue weighted by Gasteiger charge is 2.14. The van der Waals surface area contributed by atoms with Crippen LogP contribution in [-0.2, 0) is 9.84 Å². The highest BCUT2D eigenvalue weighted by Crippen LogP contribution is 2.17. The maximum atomic E-state index is 11.4. The van der Waals surface area contributed by atoms with Crippen molar-refractivity contribution in [3.05, 3.63) is 17.8 Å². The third-order valence-electron chi connectivity index (χ3n) is 2.96. The van der Waals surface area contributed by atoms with Crippen LogP contribution in [0.3, 0.4) is 0 Å². The van der Waals surface area contributed by atoms with Crippen molar-refractivity contribution >= 4 is 9.84 Å².